The number of hydroxylamine groups is 1. The van der Waals surface area contributed by atoms with Gasteiger partial charge in [0.2, 0.25) is 0 Å². The maximum absolute atomic E-state index is 10.8. The lowest BCUT2D eigenvalue weighted by atomic mass is 10.2. The van der Waals surface area contributed by atoms with Crippen molar-refractivity contribution in [1.82, 2.24) is 5.48 Å². The maximum Gasteiger partial charge on any atom is 0.278 e. The molecular weight excluding hydrogens is 178 g/mol. The summed E-state index contributed by atoms with van der Waals surface area (Å²) >= 11 is 3.89. The summed E-state index contributed by atoms with van der Waals surface area (Å²) < 4.78 is 0. The Morgan fingerprint density at radius 3 is 2.75 bits per heavy atom. The van der Waals surface area contributed by atoms with Crippen molar-refractivity contribution in [2.45, 2.75) is 4.90 Å². The number of para-hydroxylation sites is 1. The predicted octanol–water partition coefficient (Wildman–Crippen LogP) is 0.800. The summed E-state index contributed by atoms with van der Waals surface area (Å²) in [5.74, 6) is -1.00. The van der Waals surface area contributed by atoms with Crippen LogP contribution in [-0.2, 0) is 0 Å². The molecule has 0 heterocycles. The van der Waals surface area contributed by atoms with Gasteiger partial charge >= 0.3 is 0 Å². The molecule has 12 heavy (non-hydrogen) atoms. The lowest BCUT2D eigenvalue weighted by Crippen LogP contribution is -2.18. The van der Waals surface area contributed by atoms with Gasteiger partial charge in [0.1, 0.15) is 5.75 Å². The van der Waals surface area contributed by atoms with Crippen LogP contribution in [-0.4, -0.2) is 16.2 Å². The normalized spacial score (nSPS) is 9.50. The van der Waals surface area contributed by atoms with Gasteiger partial charge in [0, 0.05) is 4.90 Å². The number of nitrogens with one attached hydrogen (secondary N) is 1. The molecule has 0 fully saturated rings. The Morgan fingerprint density at radius 2 is 2.17 bits per heavy atom. The van der Waals surface area contributed by atoms with Crippen molar-refractivity contribution in [1.29, 1.82) is 0 Å². The Hall–Kier alpha value is -1.20. The van der Waals surface area contributed by atoms with Crippen molar-refractivity contribution in [2.24, 2.45) is 0 Å². The Bertz CT molecular complexity index is 314. The van der Waals surface area contributed by atoms with Gasteiger partial charge in [-0.05, 0) is 12.1 Å². The van der Waals surface area contributed by atoms with E-state index in [2.05, 4.69) is 12.6 Å². The standard InChI is InChI=1S/C7H7NO3S/c9-6-4(7(10)8-11)2-1-3-5(6)12/h1-3,9,11-12H,(H,8,10). The Labute approximate surface area is 74.2 Å². The van der Waals surface area contributed by atoms with E-state index in [0.717, 1.165) is 0 Å². The summed E-state index contributed by atoms with van der Waals surface area (Å²) in [4.78, 5) is 11.1. The van der Waals surface area contributed by atoms with E-state index in [9.17, 15) is 9.90 Å². The van der Waals surface area contributed by atoms with Crippen LogP contribution < -0.4 is 5.48 Å². The summed E-state index contributed by atoms with van der Waals surface area (Å²) in [5.41, 5.74) is 1.41. The summed E-state index contributed by atoms with van der Waals surface area (Å²) in [6, 6.07) is 4.46. The van der Waals surface area contributed by atoms with E-state index < -0.39 is 5.91 Å². The highest BCUT2D eigenvalue weighted by Gasteiger charge is 2.10. The van der Waals surface area contributed by atoms with Crippen LogP contribution in [0.1, 0.15) is 10.4 Å². The number of benzene rings is 1. The SMILES string of the molecule is O=C(NO)c1cccc(S)c1O. The molecule has 0 radical (unpaired) electrons. The molecule has 4 nitrogen and oxygen atoms in total. The lowest BCUT2D eigenvalue weighted by molar-refractivity contribution is 0.0703. The summed E-state index contributed by atoms with van der Waals surface area (Å²) in [5, 5.41) is 17.5. The van der Waals surface area contributed by atoms with E-state index in [4.69, 9.17) is 5.21 Å². The smallest absolute Gasteiger partial charge is 0.278 e. The highest BCUT2D eigenvalue weighted by Crippen LogP contribution is 2.24. The molecule has 0 aliphatic carbocycles. The molecular formula is C7H7NO3S. The van der Waals surface area contributed by atoms with Crippen LogP contribution in [0.15, 0.2) is 23.1 Å². The first-order chi connectivity index (χ1) is 5.66. The average Bonchev–Trinajstić information content (AvgIpc) is 2.08. The van der Waals surface area contributed by atoms with E-state index in [-0.39, 0.29) is 16.2 Å². The molecule has 0 atom stereocenters. The van der Waals surface area contributed by atoms with Gasteiger partial charge in [-0.3, -0.25) is 10.0 Å². The van der Waals surface area contributed by atoms with Gasteiger partial charge < -0.3 is 5.11 Å². The van der Waals surface area contributed by atoms with Crippen molar-refractivity contribution in [3.05, 3.63) is 23.8 Å². The third kappa shape index (κ3) is 1.51. The second kappa shape index (κ2) is 3.46. The molecule has 0 saturated carbocycles. The largest absolute Gasteiger partial charge is 0.506 e. The molecule has 0 spiro atoms. The van der Waals surface area contributed by atoms with Crippen molar-refractivity contribution in [2.75, 3.05) is 0 Å². The first-order valence-electron chi connectivity index (χ1n) is 3.12. The fourth-order valence-corrected chi connectivity index (χ4v) is 0.981. The Kier molecular flexibility index (Phi) is 2.57. The molecule has 0 unspecified atom stereocenters. The quantitative estimate of drug-likeness (QED) is 0.297. The fraction of sp³-hybridized carbons (Fsp3) is 0. The second-order valence-electron chi connectivity index (χ2n) is 2.11. The van der Waals surface area contributed by atoms with Gasteiger partial charge in [-0.25, -0.2) is 5.48 Å². The van der Waals surface area contributed by atoms with Crippen molar-refractivity contribution in [3.63, 3.8) is 0 Å². The van der Waals surface area contributed by atoms with E-state index in [1.807, 2.05) is 0 Å². The number of aromatic hydroxyl groups is 1. The molecule has 64 valence electrons. The fourth-order valence-electron chi connectivity index (χ4n) is 0.775. The molecule has 0 aromatic heterocycles. The van der Waals surface area contributed by atoms with Crippen LogP contribution in [0.4, 0.5) is 0 Å². The van der Waals surface area contributed by atoms with Crippen LogP contribution in [0.3, 0.4) is 0 Å². The van der Waals surface area contributed by atoms with Crippen LogP contribution in [0, 0.1) is 0 Å². The van der Waals surface area contributed by atoms with E-state index in [1.54, 1.807) is 6.07 Å². The number of carbonyl (C=O) groups excluding carboxylic acids is 1. The zero-order valence-electron chi connectivity index (χ0n) is 5.98. The highest BCUT2D eigenvalue weighted by atomic mass is 32.1. The van der Waals surface area contributed by atoms with Gasteiger partial charge in [0.25, 0.3) is 5.91 Å². The van der Waals surface area contributed by atoms with Gasteiger partial charge in [0.05, 0.1) is 5.56 Å². The van der Waals surface area contributed by atoms with E-state index >= 15 is 0 Å². The monoisotopic (exact) mass is 185 g/mol. The first-order valence-corrected chi connectivity index (χ1v) is 3.57. The minimum atomic E-state index is -0.761. The van der Waals surface area contributed by atoms with Crippen molar-refractivity contribution in [3.8, 4) is 5.75 Å². The molecule has 3 N–H and O–H groups in total. The van der Waals surface area contributed by atoms with Gasteiger partial charge in [0.15, 0.2) is 0 Å². The van der Waals surface area contributed by atoms with Gasteiger partial charge in [-0.1, -0.05) is 6.07 Å². The third-order valence-electron chi connectivity index (χ3n) is 1.36. The number of thiol groups is 1. The number of phenolic OH excluding ortho intramolecular Hbond substituents is 1. The summed E-state index contributed by atoms with van der Waals surface area (Å²) in [6.07, 6.45) is 0. The minimum Gasteiger partial charge on any atom is -0.506 e. The molecule has 1 rings (SSSR count). The molecule has 5 heteroatoms. The van der Waals surface area contributed by atoms with E-state index in [0.29, 0.717) is 0 Å². The zero-order valence-corrected chi connectivity index (χ0v) is 6.88. The van der Waals surface area contributed by atoms with Crippen LogP contribution >= 0.6 is 12.6 Å². The number of carbonyl (C=O) groups is 1. The molecule has 1 aromatic carbocycles. The van der Waals surface area contributed by atoms with Crippen molar-refractivity contribution >= 4 is 18.5 Å². The molecule has 1 aromatic rings. The maximum atomic E-state index is 10.8. The van der Waals surface area contributed by atoms with E-state index in [1.165, 1.54) is 17.6 Å². The second-order valence-corrected chi connectivity index (χ2v) is 2.60. The number of rotatable bonds is 1. The van der Waals surface area contributed by atoms with Crippen molar-refractivity contribution < 1.29 is 15.1 Å². The van der Waals surface area contributed by atoms with Crippen LogP contribution in [0.2, 0.25) is 0 Å². The lowest BCUT2D eigenvalue weighted by Gasteiger charge is -2.03. The Morgan fingerprint density at radius 1 is 1.50 bits per heavy atom. The number of amides is 1. The molecule has 0 aliphatic heterocycles. The number of hydrogen-bond donors (Lipinski definition) is 4. The van der Waals surface area contributed by atoms with Crippen LogP contribution in [0.25, 0.3) is 0 Å². The summed E-state index contributed by atoms with van der Waals surface area (Å²) in [6.45, 7) is 0. The molecule has 0 aliphatic rings. The van der Waals surface area contributed by atoms with Gasteiger partial charge in [-0.15, -0.1) is 12.6 Å². The van der Waals surface area contributed by atoms with Gasteiger partial charge in [-0.2, -0.15) is 0 Å². The molecule has 0 saturated heterocycles. The number of phenols is 1. The third-order valence-corrected chi connectivity index (χ3v) is 1.72. The average molecular weight is 185 g/mol. The highest BCUT2D eigenvalue weighted by molar-refractivity contribution is 7.80. The summed E-state index contributed by atoms with van der Waals surface area (Å²) in [7, 11) is 0. The topological polar surface area (TPSA) is 69.6 Å². The first kappa shape index (κ1) is 8.89. The van der Waals surface area contributed by atoms with Crippen LogP contribution in [0.5, 0.6) is 5.75 Å². The predicted molar refractivity (Wildman–Crippen MR) is 44.6 cm³/mol. The Balaban J connectivity index is 3.16. The molecule has 1 amide bonds. The number of hydrogen-bond acceptors (Lipinski definition) is 4. The zero-order chi connectivity index (χ0) is 9.14. The molecule has 0 bridgehead atoms. The minimum absolute atomic E-state index is 0.00926.